The van der Waals surface area contributed by atoms with Crippen LogP contribution in [0, 0.1) is 0 Å². The molecule has 1 fully saturated rings. The minimum atomic E-state index is -3.81. The average Bonchev–Trinajstić information content (AvgIpc) is 2.73. The van der Waals surface area contributed by atoms with Gasteiger partial charge in [-0.2, -0.15) is 4.31 Å². The van der Waals surface area contributed by atoms with Crippen LogP contribution in [0.2, 0.25) is 5.02 Å². The standard InChI is InChI=1S/C22H24ClNO6S/c1-14-12-24(13-15(2)29-14)31(27,28)20-6-4-5-18(11-20)22(26)30-16(3)21(25)17-7-9-19(23)10-8-17/h4-11,14-16H,12-13H2,1-3H3. The van der Waals surface area contributed by atoms with Crippen molar-refractivity contribution in [3.63, 3.8) is 0 Å². The zero-order chi connectivity index (χ0) is 22.8. The monoisotopic (exact) mass is 465 g/mol. The molecule has 1 heterocycles. The molecule has 3 rings (SSSR count). The minimum Gasteiger partial charge on any atom is -0.451 e. The van der Waals surface area contributed by atoms with Crippen molar-refractivity contribution >= 4 is 33.4 Å². The molecule has 2 aromatic carbocycles. The van der Waals surface area contributed by atoms with Crippen molar-refractivity contribution < 1.29 is 27.5 Å². The van der Waals surface area contributed by atoms with E-state index in [0.717, 1.165) is 0 Å². The molecule has 3 unspecified atom stereocenters. The zero-order valence-corrected chi connectivity index (χ0v) is 19.0. The molecule has 7 nitrogen and oxygen atoms in total. The summed E-state index contributed by atoms with van der Waals surface area (Å²) in [5, 5.41) is 0.489. The summed E-state index contributed by atoms with van der Waals surface area (Å²) in [7, 11) is -3.81. The second-order valence-electron chi connectivity index (χ2n) is 7.53. The number of benzene rings is 2. The van der Waals surface area contributed by atoms with Crippen LogP contribution < -0.4 is 0 Å². The summed E-state index contributed by atoms with van der Waals surface area (Å²) in [6.45, 7) is 5.55. The van der Waals surface area contributed by atoms with Crippen molar-refractivity contribution in [3.05, 3.63) is 64.7 Å². The number of hydrogen-bond donors (Lipinski definition) is 0. The molecule has 2 aromatic rings. The second kappa shape index (κ2) is 9.48. The average molecular weight is 466 g/mol. The summed E-state index contributed by atoms with van der Waals surface area (Å²) in [6, 6.07) is 11.9. The predicted octanol–water partition coefficient (Wildman–Crippen LogP) is 3.57. The quantitative estimate of drug-likeness (QED) is 0.478. The van der Waals surface area contributed by atoms with Crippen LogP contribution in [0.3, 0.4) is 0 Å². The summed E-state index contributed by atoms with van der Waals surface area (Å²) in [4.78, 5) is 25.0. The molecule has 0 amide bonds. The van der Waals surface area contributed by atoms with Crippen LogP contribution >= 0.6 is 11.6 Å². The molecule has 1 aliphatic heterocycles. The maximum Gasteiger partial charge on any atom is 0.338 e. The molecule has 0 radical (unpaired) electrons. The normalized spacial score (nSPS) is 20.8. The van der Waals surface area contributed by atoms with Gasteiger partial charge in [-0.15, -0.1) is 0 Å². The number of morpholine rings is 1. The first-order chi connectivity index (χ1) is 14.6. The number of nitrogens with zero attached hydrogens (tertiary/aromatic N) is 1. The third-order valence-corrected chi connectivity index (χ3v) is 6.96. The summed E-state index contributed by atoms with van der Waals surface area (Å²) >= 11 is 5.83. The van der Waals surface area contributed by atoms with E-state index < -0.39 is 22.1 Å². The van der Waals surface area contributed by atoms with Gasteiger partial charge >= 0.3 is 5.97 Å². The molecule has 166 valence electrons. The van der Waals surface area contributed by atoms with E-state index in [1.54, 1.807) is 24.3 Å². The molecule has 9 heteroatoms. The van der Waals surface area contributed by atoms with Gasteiger partial charge in [0.1, 0.15) is 0 Å². The summed E-state index contributed by atoms with van der Waals surface area (Å²) in [6.07, 6.45) is -1.51. The number of ether oxygens (including phenoxy) is 2. The number of carbonyl (C=O) groups is 2. The lowest BCUT2D eigenvalue weighted by Gasteiger charge is -2.34. The van der Waals surface area contributed by atoms with Crippen molar-refractivity contribution in [2.75, 3.05) is 13.1 Å². The van der Waals surface area contributed by atoms with E-state index in [-0.39, 0.29) is 41.5 Å². The Hall–Kier alpha value is -2.26. The van der Waals surface area contributed by atoms with Crippen LogP contribution in [0.5, 0.6) is 0 Å². The topological polar surface area (TPSA) is 90.0 Å². The summed E-state index contributed by atoms with van der Waals surface area (Å²) in [5.74, 6) is -1.17. The molecule has 1 aliphatic rings. The van der Waals surface area contributed by atoms with Gasteiger partial charge in [0, 0.05) is 23.7 Å². The molecule has 0 saturated carbocycles. The van der Waals surface area contributed by atoms with Gasteiger partial charge in [-0.3, -0.25) is 4.79 Å². The molecule has 0 aromatic heterocycles. The molecular weight excluding hydrogens is 442 g/mol. The Morgan fingerprint density at radius 3 is 2.29 bits per heavy atom. The number of ketones is 1. The number of halogens is 1. The van der Waals surface area contributed by atoms with Crippen LogP contribution in [0.25, 0.3) is 0 Å². The highest BCUT2D eigenvalue weighted by molar-refractivity contribution is 7.89. The summed E-state index contributed by atoms with van der Waals surface area (Å²) in [5.41, 5.74) is 0.405. The molecule has 0 aliphatic carbocycles. The van der Waals surface area contributed by atoms with Crippen LogP contribution in [0.1, 0.15) is 41.5 Å². The Bertz CT molecular complexity index is 1060. The van der Waals surface area contributed by atoms with E-state index >= 15 is 0 Å². The molecule has 0 spiro atoms. The van der Waals surface area contributed by atoms with Gasteiger partial charge in [0.2, 0.25) is 15.8 Å². The number of esters is 1. The fourth-order valence-corrected chi connectivity index (χ4v) is 5.15. The highest BCUT2D eigenvalue weighted by atomic mass is 35.5. The highest BCUT2D eigenvalue weighted by Gasteiger charge is 2.32. The van der Waals surface area contributed by atoms with E-state index in [4.69, 9.17) is 21.1 Å². The smallest absolute Gasteiger partial charge is 0.338 e. The third-order valence-electron chi connectivity index (χ3n) is 4.88. The molecular formula is C22H24ClNO6S. The van der Waals surface area contributed by atoms with Gasteiger partial charge in [-0.05, 0) is 63.2 Å². The molecule has 3 atom stereocenters. The zero-order valence-electron chi connectivity index (χ0n) is 17.4. The first-order valence-electron chi connectivity index (χ1n) is 9.84. The van der Waals surface area contributed by atoms with Crippen molar-refractivity contribution in [1.29, 1.82) is 0 Å². The lowest BCUT2D eigenvalue weighted by Crippen LogP contribution is -2.48. The first-order valence-corrected chi connectivity index (χ1v) is 11.7. The molecule has 31 heavy (non-hydrogen) atoms. The SMILES string of the molecule is CC1CN(S(=O)(=O)c2cccc(C(=O)OC(C)C(=O)c3ccc(Cl)cc3)c2)CC(C)O1. The van der Waals surface area contributed by atoms with Gasteiger partial charge in [0.15, 0.2) is 6.10 Å². The molecule has 0 bridgehead atoms. The largest absolute Gasteiger partial charge is 0.451 e. The van der Waals surface area contributed by atoms with Crippen molar-refractivity contribution in [2.45, 2.75) is 44.0 Å². The number of hydrogen-bond acceptors (Lipinski definition) is 6. The van der Waals surface area contributed by atoms with Crippen LogP contribution in [0.15, 0.2) is 53.4 Å². The van der Waals surface area contributed by atoms with E-state index in [0.29, 0.717) is 10.6 Å². The maximum absolute atomic E-state index is 13.0. The number of sulfonamides is 1. The Morgan fingerprint density at radius 2 is 1.68 bits per heavy atom. The fraction of sp³-hybridized carbons (Fsp3) is 0.364. The molecule has 1 saturated heterocycles. The fourth-order valence-electron chi connectivity index (χ4n) is 3.39. The summed E-state index contributed by atoms with van der Waals surface area (Å²) < 4.78 is 38.3. The Kier molecular flexibility index (Phi) is 7.16. The van der Waals surface area contributed by atoms with Crippen molar-refractivity contribution in [2.24, 2.45) is 0 Å². The first kappa shape index (κ1) is 23.4. The van der Waals surface area contributed by atoms with Gasteiger partial charge in [0.25, 0.3) is 0 Å². The van der Waals surface area contributed by atoms with Crippen LogP contribution in [-0.2, 0) is 19.5 Å². The van der Waals surface area contributed by atoms with Crippen LogP contribution in [0.4, 0.5) is 0 Å². The van der Waals surface area contributed by atoms with Crippen molar-refractivity contribution in [1.82, 2.24) is 4.31 Å². The number of carbonyl (C=O) groups excluding carboxylic acids is 2. The van der Waals surface area contributed by atoms with E-state index in [2.05, 4.69) is 0 Å². The Balaban J connectivity index is 1.75. The van der Waals surface area contributed by atoms with E-state index in [9.17, 15) is 18.0 Å². The van der Waals surface area contributed by atoms with Gasteiger partial charge in [0.05, 0.1) is 22.7 Å². The molecule has 0 N–H and O–H groups in total. The van der Waals surface area contributed by atoms with E-state index in [1.807, 2.05) is 13.8 Å². The lowest BCUT2D eigenvalue weighted by molar-refractivity contribution is -0.0440. The number of rotatable bonds is 6. The second-order valence-corrected chi connectivity index (χ2v) is 9.90. The number of Topliss-reactive ketones (excluding diaryl/α,β-unsaturated/α-hetero) is 1. The minimum absolute atomic E-state index is 0.0140. The maximum atomic E-state index is 13.0. The Morgan fingerprint density at radius 1 is 1.06 bits per heavy atom. The Labute approximate surface area is 187 Å². The van der Waals surface area contributed by atoms with E-state index in [1.165, 1.54) is 35.5 Å². The lowest BCUT2D eigenvalue weighted by atomic mass is 10.1. The van der Waals surface area contributed by atoms with Crippen molar-refractivity contribution in [3.8, 4) is 0 Å². The van der Waals surface area contributed by atoms with Gasteiger partial charge in [-0.1, -0.05) is 17.7 Å². The third kappa shape index (κ3) is 5.51. The van der Waals surface area contributed by atoms with Crippen LogP contribution in [-0.4, -0.2) is 55.9 Å². The van der Waals surface area contributed by atoms with Gasteiger partial charge in [-0.25, -0.2) is 13.2 Å². The highest BCUT2D eigenvalue weighted by Crippen LogP contribution is 2.22. The van der Waals surface area contributed by atoms with Gasteiger partial charge < -0.3 is 9.47 Å². The predicted molar refractivity (Wildman–Crippen MR) is 116 cm³/mol.